The van der Waals surface area contributed by atoms with Crippen LogP contribution in [0.25, 0.3) is 16.6 Å². The van der Waals surface area contributed by atoms with E-state index in [0.717, 1.165) is 43.2 Å². The summed E-state index contributed by atoms with van der Waals surface area (Å²) in [5, 5.41) is 19.1. The molecule has 1 aliphatic heterocycles. The minimum absolute atomic E-state index is 0.0319. The number of carboxylic acids is 1. The second kappa shape index (κ2) is 10.8. The number of rotatable bonds is 10. The quantitative estimate of drug-likeness (QED) is 0.302. The fraction of sp³-hybridized carbons (Fsp3) is 0.448. The summed E-state index contributed by atoms with van der Waals surface area (Å²) in [6.45, 7) is 1.85. The summed E-state index contributed by atoms with van der Waals surface area (Å²) in [4.78, 5) is 24.1. The smallest absolute Gasteiger partial charge is 0.321 e. The van der Waals surface area contributed by atoms with Crippen LogP contribution in [-0.4, -0.2) is 76.0 Å². The molecule has 0 spiro atoms. The van der Waals surface area contributed by atoms with E-state index in [2.05, 4.69) is 10.2 Å². The SMILES string of the molecule is COc1ccc(CNc2nc3c(OC)cccc3c3nc([C@@H]4CCCN(C(C(=O)O)C5CC5)C4)nn23)c(OC)c1. The van der Waals surface area contributed by atoms with Crippen molar-refractivity contribution < 1.29 is 24.1 Å². The zero-order valence-electron chi connectivity index (χ0n) is 23.0. The number of hydrogen-bond acceptors (Lipinski definition) is 9. The molecule has 0 amide bonds. The van der Waals surface area contributed by atoms with Crippen LogP contribution in [0.1, 0.15) is 43.0 Å². The first-order valence-electron chi connectivity index (χ1n) is 13.7. The molecular weight excluding hydrogens is 512 g/mol. The Bertz CT molecular complexity index is 1550. The molecule has 11 heteroatoms. The summed E-state index contributed by atoms with van der Waals surface area (Å²) in [7, 11) is 4.88. The van der Waals surface area contributed by atoms with E-state index in [1.807, 2.05) is 36.4 Å². The number of aromatic nitrogens is 4. The third kappa shape index (κ3) is 4.85. The van der Waals surface area contributed by atoms with Gasteiger partial charge in [-0.15, -0.1) is 5.10 Å². The minimum Gasteiger partial charge on any atom is -0.497 e. The van der Waals surface area contributed by atoms with E-state index in [0.29, 0.717) is 53.3 Å². The molecule has 2 aromatic heterocycles. The van der Waals surface area contributed by atoms with Gasteiger partial charge in [0.1, 0.15) is 28.8 Å². The van der Waals surface area contributed by atoms with E-state index in [1.165, 1.54) is 0 Å². The molecule has 1 unspecified atom stereocenters. The standard InChI is InChI=1S/C29H34N6O5/c1-38-20-12-11-18(23(14-20)40-3)15-30-29-31-24-21(7-4-8-22(24)39-2)27-32-26(33-35(27)29)19-6-5-13-34(16-19)25(28(36)37)17-9-10-17/h4,7-8,11-12,14,17,19,25H,5-6,9-10,13,15-16H2,1-3H3,(H,30,31)(H,36,37)/t19-,25?/m1/s1. The van der Waals surface area contributed by atoms with Gasteiger partial charge in [0, 0.05) is 36.0 Å². The molecule has 4 aromatic rings. The lowest BCUT2D eigenvalue weighted by Gasteiger charge is -2.35. The molecule has 2 fully saturated rings. The van der Waals surface area contributed by atoms with E-state index in [9.17, 15) is 9.90 Å². The first-order valence-corrected chi connectivity index (χ1v) is 13.7. The Kier molecular flexibility index (Phi) is 7.05. The summed E-state index contributed by atoms with van der Waals surface area (Å²) >= 11 is 0. The van der Waals surface area contributed by atoms with Gasteiger partial charge in [0.2, 0.25) is 5.95 Å². The Morgan fingerprint density at radius 1 is 1.07 bits per heavy atom. The second-order valence-corrected chi connectivity index (χ2v) is 10.5. The van der Waals surface area contributed by atoms with Gasteiger partial charge in [0.05, 0.1) is 21.3 Å². The molecule has 1 saturated carbocycles. The van der Waals surface area contributed by atoms with Crippen LogP contribution >= 0.6 is 0 Å². The number of para-hydroxylation sites is 1. The average molecular weight is 547 g/mol. The lowest BCUT2D eigenvalue weighted by atomic mass is 9.95. The molecule has 0 bridgehead atoms. The van der Waals surface area contributed by atoms with E-state index in [4.69, 9.17) is 29.3 Å². The highest BCUT2D eigenvalue weighted by Crippen LogP contribution is 2.38. The van der Waals surface area contributed by atoms with Crippen molar-refractivity contribution in [3.63, 3.8) is 0 Å². The number of ether oxygens (including phenoxy) is 3. The highest BCUT2D eigenvalue weighted by molar-refractivity contribution is 5.96. The van der Waals surface area contributed by atoms with Gasteiger partial charge in [-0.25, -0.2) is 9.97 Å². The first-order chi connectivity index (χ1) is 19.5. The summed E-state index contributed by atoms with van der Waals surface area (Å²) in [5.41, 5.74) is 2.30. The molecule has 3 heterocycles. The highest BCUT2D eigenvalue weighted by atomic mass is 16.5. The van der Waals surface area contributed by atoms with Crippen molar-refractivity contribution in [3.05, 3.63) is 47.8 Å². The predicted molar refractivity (Wildman–Crippen MR) is 149 cm³/mol. The minimum atomic E-state index is -0.728. The first kappa shape index (κ1) is 26.1. The van der Waals surface area contributed by atoms with Crippen molar-refractivity contribution >= 4 is 28.5 Å². The zero-order chi connectivity index (χ0) is 27.8. The maximum Gasteiger partial charge on any atom is 0.321 e. The molecule has 11 nitrogen and oxygen atoms in total. The summed E-state index contributed by atoms with van der Waals surface area (Å²) in [6, 6.07) is 11.0. The maximum atomic E-state index is 12.1. The van der Waals surface area contributed by atoms with Crippen LogP contribution in [-0.2, 0) is 11.3 Å². The number of nitrogens with one attached hydrogen (secondary N) is 1. The number of piperidine rings is 1. The van der Waals surface area contributed by atoms with Crippen LogP contribution < -0.4 is 19.5 Å². The molecule has 2 aliphatic rings. The van der Waals surface area contributed by atoms with E-state index in [-0.39, 0.29) is 11.8 Å². The van der Waals surface area contributed by atoms with Gasteiger partial charge < -0.3 is 24.6 Å². The Morgan fingerprint density at radius 3 is 2.62 bits per heavy atom. The van der Waals surface area contributed by atoms with Gasteiger partial charge in [0.15, 0.2) is 11.5 Å². The van der Waals surface area contributed by atoms with Crippen molar-refractivity contribution in [3.8, 4) is 17.2 Å². The number of carboxylic acid groups (broad SMARTS) is 1. The van der Waals surface area contributed by atoms with Gasteiger partial charge in [-0.3, -0.25) is 9.69 Å². The van der Waals surface area contributed by atoms with Crippen molar-refractivity contribution in [2.75, 3.05) is 39.7 Å². The fourth-order valence-corrected chi connectivity index (χ4v) is 5.78. The molecule has 1 aliphatic carbocycles. The Labute approximate surface area is 232 Å². The van der Waals surface area contributed by atoms with Crippen LogP contribution in [0.3, 0.4) is 0 Å². The molecule has 210 valence electrons. The van der Waals surface area contributed by atoms with E-state index >= 15 is 0 Å². The molecule has 2 N–H and O–H groups in total. The largest absolute Gasteiger partial charge is 0.497 e. The van der Waals surface area contributed by atoms with E-state index < -0.39 is 12.0 Å². The van der Waals surface area contributed by atoms with Crippen LogP contribution in [0, 0.1) is 5.92 Å². The topological polar surface area (TPSA) is 123 Å². The third-order valence-corrected chi connectivity index (χ3v) is 7.97. The molecule has 6 rings (SSSR count). The second-order valence-electron chi connectivity index (χ2n) is 10.5. The normalized spacial score (nSPS) is 18.5. The number of benzene rings is 2. The fourth-order valence-electron chi connectivity index (χ4n) is 5.78. The monoisotopic (exact) mass is 546 g/mol. The number of likely N-dealkylation sites (tertiary alicyclic amines) is 1. The maximum absolute atomic E-state index is 12.1. The lowest BCUT2D eigenvalue weighted by molar-refractivity contribution is -0.144. The Hall–Kier alpha value is -4.12. The number of carbonyl (C=O) groups is 1. The van der Waals surface area contributed by atoms with Gasteiger partial charge in [-0.05, 0) is 62.4 Å². The Morgan fingerprint density at radius 2 is 1.90 bits per heavy atom. The summed E-state index contributed by atoms with van der Waals surface area (Å²) in [6.07, 6.45) is 3.79. The molecule has 1 saturated heterocycles. The summed E-state index contributed by atoms with van der Waals surface area (Å²) < 4.78 is 18.3. The Balaban J connectivity index is 1.37. The molecule has 0 radical (unpaired) electrons. The van der Waals surface area contributed by atoms with Gasteiger partial charge in [0.25, 0.3) is 0 Å². The van der Waals surface area contributed by atoms with Crippen molar-refractivity contribution in [2.24, 2.45) is 5.92 Å². The number of fused-ring (bicyclic) bond motifs is 3. The highest BCUT2D eigenvalue weighted by Gasteiger charge is 2.42. The molecule has 2 atom stereocenters. The average Bonchev–Trinajstić information content (AvgIpc) is 3.70. The van der Waals surface area contributed by atoms with Gasteiger partial charge in [-0.2, -0.15) is 4.52 Å². The van der Waals surface area contributed by atoms with Gasteiger partial charge >= 0.3 is 5.97 Å². The van der Waals surface area contributed by atoms with Crippen LogP contribution in [0.4, 0.5) is 5.95 Å². The number of methoxy groups -OCH3 is 3. The number of anilines is 1. The zero-order valence-corrected chi connectivity index (χ0v) is 23.0. The molecule has 40 heavy (non-hydrogen) atoms. The third-order valence-electron chi connectivity index (χ3n) is 7.97. The van der Waals surface area contributed by atoms with E-state index in [1.54, 1.807) is 25.8 Å². The van der Waals surface area contributed by atoms with Crippen molar-refractivity contribution in [2.45, 2.75) is 44.2 Å². The van der Waals surface area contributed by atoms with Crippen LogP contribution in [0.2, 0.25) is 0 Å². The molecular formula is C29H34N6O5. The van der Waals surface area contributed by atoms with Crippen molar-refractivity contribution in [1.82, 2.24) is 24.5 Å². The number of aliphatic carboxylic acids is 1. The summed E-state index contributed by atoms with van der Waals surface area (Å²) in [5.74, 6) is 2.84. The van der Waals surface area contributed by atoms with Crippen molar-refractivity contribution in [1.29, 1.82) is 0 Å². The molecule has 2 aromatic carbocycles. The number of hydrogen-bond donors (Lipinski definition) is 2. The predicted octanol–water partition coefficient (Wildman–Crippen LogP) is 3.96. The number of nitrogens with zero attached hydrogens (tertiary/aromatic N) is 5. The van der Waals surface area contributed by atoms with Gasteiger partial charge in [-0.1, -0.05) is 6.07 Å². The lowest BCUT2D eigenvalue weighted by Crippen LogP contribution is -2.47. The van der Waals surface area contributed by atoms with Crippen LogP contribution in [0.15, 0.2) is 36.4 Å². The van der Waals surface area contributed by atoms with Crippen LogP contribution in [0.5, 0.6) is 17.2 Å².